The smallest absolute Gasteiger partial charge is 0.315 e. The van der Waals surface area contributed by atoms with Gasteiger partial charge < -0.3 is 5.32 Å². The first-order valence-corrected chi connectivity index (χ1v) is 8.05. The van der Waals surface area contributed by atoms with Gasteiger partial charge in [0, 0.05) is 18.6 Å². The van der Waals surface area contributed by atoms with Gasteiger partial charge in [-0.05, 0) is 51.6 Å². The van der Waals surface area contributed by atoms with Crippen molar-refractivity contribution in [3.8, 4) is 0 Å². The average molecular weight is 292 g/mol. The van der Waals surface area contributed by atoms with Gasteiger partial charge in [-0.1, -0.05) is 13.3 Å². The van der Waals surface area contributed by atoms with E-state index in [1.54, 1.807) is 0 Å². The van der Waals surface area contributed by atoms with E-state index in [4.69, 9.17) is 0 Å². The van der Waals surface area contributed by atoms with Gasteiger partial charge in [0.05, 0.1) is 5.92 Å². The molecule has 0 aromatic carbocycles. The molecule has 1 saturated carbocycles. The number of hydrogen-bond acceptors (Lipinski definition) is 2. The molecule has 1 saturated heterocycles. The number of hydrogen-bond donors (Lipinski definition) is 1. The molecule has 3 atom stereocenters. The van der Waals surface area contributed by atoms with Gasteiger partial charge >= 0.3 is 6.18 Å². The third kappa shape index (κ3) is 4.10. The Morgan fingerprint density at radius 2 is 1.85 bits per heavy atom. The summed E-state index contributed by atoms with van der Waals surface area (Å²) in [6.45, 7) is 5.04. The maximum absolute atomic E-state index is 13.0. The van der Waals surface area contributed by atoms with Gasteiger partial charge in [-0.3, -0.25) is 4.90 Å². The highest BCUT2D eigenvalue weighted by Crippen LogP contribution is 2.39. The molecule has 1 heterocycles. The van der Waals surface area contributed by atoms with Crippen LogP contribution >= 0.6 is 0 Å². The number of piperidine rings is 1. The van der Waals surface area contributed by atoms with Gasteiger partial charge in [0.15, 0.2) is 0 Å². The van der Waals surface area contributed by atoms with E-state index in [9.17, 15) is 13.2 Å². The third-order valence-corrected chi connectivity index (χ3v) is 4.80. The first-order valence-electron chi connectivity index (χ1n) is 8.05. The van der Waals surface area contributed by atoms with E-state index in [-0.39, 0.29) is 6.04 Å². The molecular formula is C15H27F3N2. The fourth-order valence-corrected chi connectivity index (χ4v) is 3.80. The van der Waals surface area contributed by atoms with E-state index >= 15 is 0 Å². The standard InChI is InChI=1S/C15H27F3N2/c1-2-9-20(14-7-4-8-19-11-14)13-6-3-5-12(10-13)15(16,17)18/h12-14,19H,2-11H2,1H3. The van der Waals surface area contributed by atoms with E-state index in [0.717, 1.165) is 51.7 Å². The van der Waals surface area contributed by atoms with Crippen molar-refractivity contribution in [3.05, 3.63) is 0 Å². The molecular weight excluding hydrogens is 265 g/mol. The first kappa shape index (κ1) is 16.1. The maximum atomic E-state index is 13.0. The van der Waals surface area contributed by atoms with Gasteiger partial charge in [-0.25, -0.2) is 0 Å². The molecule has 0 spiro atoms. The van der Waals surface area contributed by atoms with Crippen LogP contribution in [-0.2, 0) is 0 Å². The predicted octanol–water partition coefficient (Wildman–Crippen LogP) is 3.57. The van der Waals surface area contributed by atoms with Crippen molar-refractivity contribution in [1.29, 1.82) is 0 Å². The molecule has 3 unspecified atom stereocenters. The van der Waals surface area contributed by atoms with Crippen LogP contribution in [0.15, 0.2) is 0 Å². The Hall–Kier alpha value is -0.290. The molecule has 1 aliphatic heterocycles. The molecule has 1 aliphatic carbocycles. The van der Waals surface area contributed by atoms with Gasteiger partial charge in [-0.2, -0.15) is 13.2 Å². The topological polar surface area (TPSA) is 15.3 Å². The van der Waals surface area contributed by atoms with Crippen molar-refractivity contribution in [2.24, 2.45) is 5.92 Å². The Labute approximate surface area is 120 Å². The summed E-state index contributed by atoms with van der Waals surface area (Å²) in [5.41, 5.74) is 0. The summed E-state index contributed by atoms with van der Waals surface area (Å²) in [5, 5.41) is 3.39. The minimum Gasteiger partial charge on any atom is -0.315 e. The van der Waals surface area contributed by atoms with Crippen LogP contribution in [0.4, 0.5) is 13.2 Å². The van der Waals surface area contributed by atoms with Crippen LogP contribution in [0, 0.1) is 5.92 Å². The van der Waals surface area contributed by atoms with Gasteiger partial charge in [0.25, 0.3) is 0 Å². The molecule has 0 aromatic rings. The minimum atomic E-state index is -4.01. The molecule has 2 fully saturated rings. The normalized spacial score (nSPS) is 32.5. The zero-order valence-corrected chi connectivity index (χ0v) is 12.4. The zero-order chi connectivity index (χ0) is 14.6. The Bertz CT molecular complexity index is 287. The van der Waals surface area contributed by atoms with Crippen molar-refractivity contribution in [2.45, 2.75) is 70.1 Å². The van der Waals surface area contributed by atoms with E-state index in [1.165, 1.54) is 0 Å². The molecule has 20 heavy (non-hydrogen) atoms. The zero-order valence-electron chi connectivity index (χ0n) is 12.4. The lowest BCUT2D eigenvalue weighted by Crippen LogP contribution is -2.52. The molecule has 0 radical (unpaired) electrons. The lowest BCUT2D eigenvalue weighted by atomic mass is 9.83. The number of nitrogens with zero attached hydrogens (tertiary/aromatic N) is 1. The highest BCUT2D eigenvalue weighted by Gasteiger charge is 2.43. The maximum Gasteiger partial charge on any atom is 0.391 e. The van der Waals surface area contributed by atoms with Crippen molar-refractivity contribution in [1.82, 2.24) is 10.2 Å². The molecule has 5 heteroatoms. The van der Waals surface area contributed by atoms with E-state index in [0.29, 0.717) is 18.9 Å². The molecule has 0 aromatic heterocycles. The Balaban J connectivity index is 2.00. The molecule has 2 aliphatic rings. The Kier molecular flexibility index (Phi) is 5.73. The van der Waals surface area contributed by atoms with Crippen LogP contribution in [0.25, 0.3) is 0 Å². The molecule has 1 N–H and O–H groups in total. The van der Waals surface area contributed by atoms with Crippen LogP contribution < -0.4 is 5.32 Å². The Morgan fingerprint density at radius 3 is 2.45 bits per heavy atom. The molecule has 118 valence electrons. The first-order chi connectivity index (χ1) is 9.52. The minimum absolute atomic E-state index is 0.125. The van der Waals surface area contributed by atoms with Crippen molar-refractivity contribution >= 4 is 0 Å². The number of rotatable bonds is 4. The second kappa shape index (κ2) is 7.12. The van der Waals surface area contributed by atoms with E-state index < -0.39 is 12.1 Å². The monoisotopic (exact) mass is 292 g/mol. The van der Waals surface area contributed by atoms with Crippen molar-refractivity contribution < 1.29 is 13.2 Å². The lowest BCUT2D eigenvalue weighted by Gasteiger charge is -2.43. The fourth-order valence-electron chi connectivity index (χ4n) is 3.80. The van der Waals surface area contributed by atoms with Crippen molar-refractivity contribution in [3.63, 3.8) is 0 Å². The van der Waals surface area contributed by atoms with Gasteiger partial charge in [0.1, 0.15) is 0 Å². The van der Waals surface area contributed by atoms with Crippen LogP contribution in [0.2, 0.25) is 0 Å². The lowest BCUT2D eigenvalue weighted by molar-refractivity contribution is -0.187. The average Bonchev–Trinajstić information content (AvgIpc) is 2.45. The number of halogens is 3. The quantitative estimate of drug-likeness (QED) is 0.852. The second-order valence-corrected chi connectivity index (χ2v) is 6.30. The Morgan fingerprint density at radius 1 is 1.10 bits per heavy atom. The summed E-state index contributed by atoms with van der Waals surface area (Å²) >= 11 is 0. The predicted molar refractivity (Wildman–Crippen MR) is 74.7 cm³/mol. The fraction of sp³-hybridized carbons (Fsp3) is 1.00. The van der Waals surface area contributed by atoms with Crippen LogP contribution in [0.1, 0.15) is 51.9 Å². The van der Waals surface area contributed by atoms with Crippen LogP contribution in [-0.4, -0.2) is 42.8 Å². The van der Waals surface area contributed by atoms with E-state index in [1.807, 2.05) is 0 Å². The summed E-state index contributed by atoms with van der Waals surface area (Å²) in [6, 6.07) is 0.556. The van der Waals surface area contributed by atoms with E-state index in [2.05, 4.69) is 17.1 Å². The molecule has 0 amide bonds. The summed E-state index contributed by atoms with van der Waals surface area (Å²) in [5.74, 6) is -1.09. The van der Waals surface area contributed by atoms with Gasteiger partial charge in [0.2, 0.25) is 0 Å². The highest BCUT2D eigenvalue weighted by molar-refractivity contribution is 4.88. The number of nitrogens with one attached hydrogen (secondary N) is 1. The highest BCUT2D eigenvalue weighted by atomic mass is 19.4. The molecule has 2 nitrogen and oxygen atoms in total. The molecule has 0 bridgehead atoms. The van der Waals surface area contributed by atoms with Crippen LogP contribution in [0.5, 0.6) is 0 Å². The summed E-state index contributed by atoms with van der Waals surface area (Å²) in [4.78, 5) is 2.38. The van der Waals surface area contributed by atoms with Crippen molar-refractivity contribution in [2.75, 3.05) is 19.6 Å². The summed E-state index contributed by atoms with van der Waals surface area (Å²) in [7, 11) is 0. The number of alkyl halides is 3. The summed E-state index contributed by atoms with van der Waals surface area (Å²) in [6.07, 6.45) is 1.55. The van der Waals surface area contributed by atoms with Crippen LogP contribution in [0.3, 0.4) is 0 Å². The van der Waals surface area contributed by atoms with Gasteiger partial charge in [-0.15, -0.1) is 0 Å². The molecule has 2 rings (SSSR count). The largest absolute Gasteiger partial charge is 0.391 e. The second-order valence-electron chi connectivity index (χ2n) is 6.30. The summed E-state index contributed by atoms with van der Waals surface area (Å²) < 4.78 is 38.9. The third-order valence-electron chi connectivity index (χ3n) is 4.80. The SMILES string of the molecule is CCCN(C1CCCNC1)C1CCCC(C(F)(F)F)C1.